The van der Waals surface area contributed by atoms with E-state index in [2.05, 4.69) is 20.6 Å². The van der Waals surface area contributed by atoms with Gasteiger partial charge < -0.3 is 16.4 Å². The van der Waals surface area contributed by atoms with Crippen LogP contribution < -0.4 is 16.4 Å². The van der Waals surface area contributed by atoms with E-state index in [0.717, 1.165) is 22.5 Å². The molecular formula is C20H22N6O2. The van der Waals surface area contributed by atoms with Crippen molar-refractivity contribution in [2.75, 3.05) is 0 Å². The maximum Gasteiger partial charge on any atom is 0.312 e. The number of urea groups is 1. The quantitative estimate of drug-likeness (QED) is 0.583. The minimum Gasteiger partial charge on any atom is -0.352 e. The fourth-order valence-corrected chi connectivity index (χ4v) is 2.95. The number of primary amides is 1. The Kier molecular flexibility index (Phi) is 6.01. The van der Waals surface area contributed by atoms with E-state index in [1.165, 1.54) is 0 Å². The van der Waals surface area contributed by atoms with Gasteiger partial charge in [-0.3, -0.25) is 9.36 Å². The monoisotopic (exact) mass is 378 g/mol. The fourth-order valence-electron chi connectivity index (χ4n) is 2.95. The molecule has 0 aliphatic carbocycles. The normalized spacial score (nSPS) is 11.6. The van der Waals surface area contributed by atoms with Crippen molar-refractivity contribution < 1.29 is 9.59 Å². The van der Waals surface area contributed by atoms with Gasteiger partial charge in [0.05, 0.1) is 12.5 Å². The van der Waals surface area contributed by atoms with Crippen LogP contribution in [-0.2, 0) is 11.3 Å². The van der Waals surface area contributed by atoms with Crippen molar-refractivity contribution in [3.8, 4) is 5.82 Å². The van der Waals surface area contributed by atoms with E-state index in [1.54, 1.807) is 29.5 Å². The summed E-state index contributed by atoms with van der Waals surface area (Å²) in [5.41, 5.74) is 8.04. The van der Waals surface area contributed by atoms with Crippen molar-refractivity contribution in [2.45, 2.75) is 25.9 Å². The molecule has 3 rings (SSSR count). The molecule has 2 aromatic heterocycles. The number of nitrogens with one attached hydrogen (secondary N) is 2. The van der Waals surface area contributed by atoms with Crippen LogP contribution in [0.25, 0.3) is 5.82 Å². The minimum atomic E-state index is -0.667. The van der Waals surface area contributed by atoms with Crippen LogP contribution in [0.3, 0.4) is 0 Å². The summed E-state index contributed by atoms with van der Waals surface area (Å²) in [6.45, 7) is 2.28. The average molecular weight is 378 g/mol. The first kappa shape index (κ1) is 19.1. The number of carbonyl (C=O) groups is 2. The van der Waals surface area contributed by atoms with E-state index in [9.17, 15) is 9.59 Å². The van der Waals surface area contributed by atoms with E-state index < -0.39 is 12.1 Å². The number of hydrogen-bond acceptors (Lipinski definition) is 4. The Balaban J connectivity index is 1.64. The number of aromatic nitrogens is 3. The number of amides is 3. The topological polar surface area (TPSA) is 115 Å². The first-order valence-electron chi connectivity index (χ1n) is 8.84. The molecule has 1 atom stereocenters. The van der Waals surface area contributed by atoms with Crippen molar-refractivity contribution in [3.63, 3.8) is 0 Å². The summed E-state index contributed by atoms with van der Waals surface area (Å²) in [4.78, 5) is 32.1. The van der Waals surface area contributed by atoms with Gasteiger partial charge in [0.2, 0.25) is 5.91 Å². The summed E-state index contributed by atoms with van der Waals surface area (Å²) >= 11 is 0. The molecule has 0 aliphatic heterocycles. The van der Waals surface area contributed by atoms with Gasteiger partial charge in [0.15, 0.2) is 0 Å². The van der Waals surface area contributed by atoms with E-state index >= 15 is 0 Å². The lowest BCUT2D eigenvalue weighted by atomic mass is 9.98. The summed E-state index contributed by atoms with van der Waals surface area (Å²) in [6.07, 6.45) is 6.91. The van der Waals surface area contributed by atoms with Crippen LogP contribution in [0.4, 0.5) is 4.79 Å². The number of rotatable bonds is 7. The van der Waals surface area contributed by atoms with Crippen molar-refractivity contribution in [1.29, 1.82) is 0 Å². The molecule has 2 heterocycles. The van der Waals surface area contributed by atoms with Crippen molar-refractivity contribution in [1.82, 2.24) is 25.2 Å². The average Bonchev–Trinajstić information content (AvgIpc) is 3.21. The number of hydrogen-bond donors (Lipinski definition) is 3. The second kappa shape index (κ2) is 8.81. The predicted molar refractivity (Wildman–Crippen MR) is 104 cm³/mol. The first-order valence-corrected chi connectivity index (χ1v) is 8.84. The molecule has 144 valence electrons. The van der Waals surface area contributed by atoms with Gasteiger partial charge in [-0.2, -0.15) is 0 Å². The van der Waals surface area contributed by atoms with E-state index in [-0.39, 0.29) is 12.3 Å². The number of aryl methyl sites for hydroxylation is 1. The Labute approximate surface area is 162 Å². The van der Waals surface area contributed by atoms with E-state index in [0.29, 0.717) is 6.54 Å². The fraction of sp³-hybridized carbons (Fsp3) is 0.200. The molecule has 4 N–H and O–H groups in total. The molecule has 8 nitrogen and oxygen atoms in total. The summed E-state index contributed by atoms with van der Waals surface area (Å²) in [5.74, 6) is 0.528. The Morgan fingerprint density at radius 1 is 1.21 bits per heavy atom. The number of nitrogens with zero attached hydrogens (tertiary/aromatic N) is 3. The van der Waals surface area contributed by atoms with Crippen LogP contribution in [0, 0.1) is 6.92 Å². The molecule has 0 aliphatic rings. The summed E-state index contributed by atoms with van der Waals surface area (Å²) in [7, 11) is 0. The molecular weight excluding hydrogens is 356 g/mol. The van der Waals surface area contributed by atoms with Gasteiger partial charge in [-0.15, -0.1) is 0 Å². The van der Waals surface area contributed by atoms with Crippen LogP contribution >= 0.6 is 0 Å². The summed E-state index contributed by atoms with van der Waals surface area (Å²) in [5, 5.41) is 5.53. The number of benzene rings is 1. The van der Waals surface area contributed by atoms with E-state index in [1.807, 2.05) is 43.3 Å². The molecule has 0 spiro atoms. The lowest BCUT2D eigenvalue weighted by Gasteiger charge is -2.19. The molecule has 0 radical (unpaired) electrons. The second-order valence-corrected chi connectivity index (χ2v) is 6.39. The largest absolute Gasteiger partial charge is 0.352 e. The van der Waals surface area contributed by atoms with Gasteiger partial charge in [0, 0.05) is 25.1 Å². The Bertz CT molecular complexity index is 955. The molecule has 0 bridgehead atoms. The maximum absolute atomic E-state index is 12.5. The zero-order chi connectivity index (χ0) is 19.9. The molecule has 0 saturated heterocycles. The smallest absolute Gasteiger partial charge is 0.312 e. The van der Waals surface area contributed by atoms with Gasteiger partial charge in [-0.05, 0) is 35.7 Å². The third-order valence-corrected chi connectivity index (χ3v) is 4.34. The molecule has 3 aromatic rings. The SMILES string of the molecule is Cc1ccccc1C(CC(=O)NCc1ccnc(-n2ccnc2)c1)NC(N)=O. The highest BCUT2D eigenvalue weighted by atomic mass is 16.2. The van der Waals surface area contributed by atoms with Gasteiger partial charge in [-0.1, -0.05) is 24.3 Å². The molecule has 0 fully saturated rings. The summed E-state index contributed by atoms with van der Waals surface area (Å²) in [6, 6.07) is 10.1. The van der Waals surface area contributed by atoms with Crippen LogP contribution in [0.2, 0.25) is 0 Å². The maximum atomic E-state index is 12.5. The Morgan fingerprint density at radius 3 is 2.75 bits per heavy atom. The highest BCUT2D eigenvalue weighted by molar-refractivity contribution is 5.78. The Morgan fingerprint density at radius 2 is 2.04 bits per heavy atom. The van der Waals surface area contributed by atoms with Gasteiger partial charge >= 0.3 is 6.03 Å². The standard InChI is InChI=1S/C20H22N6O2/c1-14-4-2-3-5-16(14)17(25-20(21)28)11-19(27)24-12-15-6-7-23-18(10-15)26-9-8-22-13-26/h2-10,13,17H,11-12H2,1H3,(H,24,27)(H3,21,25,28). The lowest BCUT2D eigenvalue weighted by molar-refractivity contribution is -0.121. The van der Waals surface area contributed by atoms with Crippen LogP contribution in [-0.4, -0.2) is 26.5 Å². The van der Waals surface area contributed by atoms with Gasteiger partial charge in [0.25, 0.3) is 0 Å². The van der Waals surface area contributed by atoms with Crippen LogP contribution in [0.15, 0.2) is 61.3 Å². The Hall–Kier alpha value is -3.68. The zero-order valence-corrected chi connectivity index (χ0v) is 15.5. The number of carbonyl (C=O) groups excluding carboxylic acids is 2. The van der Waals surface area contributed by atoms with Crippen LogP contribution in [0.5, 0.6) is 0 Å². The number of imidazole rings is 1. The molecule has 28 heavy (non-hydrogen) atoms. The zero-order valence-electron chi connectivity index (χ0n) is 15.5. The molecule has 1 unspecified atom stereocenters. The van der Waals surface area contributed by atoms with Crippen molar-refractivity contribution in [3.05, 3.63) is 78.0 Å². The molecule has 3 amide bonds. The van der Waals surface area contributed by atoms with Crippen LogP contribution in [0.1, 0.15) is 29.2 Å². The molecule has 1 aromatic carbocycles. The molecule has 8 heteroatoms. The number of nitrogens with two attached hydrogens (primary N) is 1. The third-order valence-electron chi connectivity index (χ3n) is 4.34. The highest BCUT2D eigenvalue weighted by Crippen LogP contribution is 2.20. The van der Waals surface area contributed by atoms with Gasteiger partial charge in [-0.25, -0.2) is 14.8 Å². The lowest BCUT2D eigenvalue weighted by Crippen LogP contribution is -2.36. The number of pyridine rings is 1. The molecule has 0 saturated carbocycles. The minimum absolute atomic E-state index is 0.0905. The first-order chi connectivity index (χ1) is 13.5. The second-order valence-electron chi connectivity index (χ2n) is 6.39. The third kappa shape index (κ3) is 4.94. The highest BCUT2D eigenvalue weighted by Gasteiger charge is 2.19. The predicted octanol–water partition coefficient (Wildman–Crippen LogP) is 1.99. The van der Waals surface area contributed by atoms with E-state index in [4.69, 9.17) is 5.73 Å². The van der Waals surface area contributed by atoms with Crippen molar-refractivity contribution in [2.24, 2.45) is 5.73 Å². The summed E-state index contributed by atoms with van der Waals surface area (Å²) < 4.78 is 1.79. The van der Waals surface area contributed by atoms with Crippen molar-refractivity contribution >= 4 is 11.9 Å². The van der Waals surface area contributed by atoms with Gasteiger partial charge in [0.1, 0.15) is 12.1 Å².